The zero-order valence-corrected chi connectivity index (χ0v) is 44.4. The molecule has 0 aromatic heterocycles. The Kier molecular flexibility index (Phi) is 13.0. The highest BCUT2D eigenvalue weighted by atomic mass is 15.1. The molecule has 0 aliphatic carbocycles. The van der Waals surface area contributed by atoms with Gasteiger partial charge >= 0.3 is 0 Å². The van der Waals surface area contributed by atoms with Gasteiger partial charge in [-0.2, -0.15) is 0 Å². The molecule has 0 unspecified atom stereocenters. The summed E-state index contributed by atoms with van der Waals surface area (Å²) in [6.07, 6.45) is 0. The molecule has 0 fully saturated rings. The Labute approximate surface area is 449 Å². The topological polar surface area (TPSA) is 3.24 Å². The van der Waals surface area contributed by atoms with Crippen LogP contribution in [-0.4, -0.2) is 0 Å². The highest BCUT2D eigenvalue weighted by molar-refractivity contribution is 5.92. The summed E-state index contributed by atoms with van der Waals surface area (Å²) in [4.78, 5) is 2.41. The molecule has 0 radical (unpaired) electrons. The van der Waals surface area contributed by atoms with Crippen molar-refractivity contribution in [1.29, 1.82) is 0 Å². The average molecular weight is 978 g/mol. The number of benzene rings is 12. The summed E-state index contributed by atoms with van der Waals surface area (Å²) < 4.78 is 0. The van der Waals surface area contributed by atoms with E-state index in [0.29, 0.717) is 17.8 Å². The van der Waals surface area contributed by atoms with E-state index in [0.717, 1.165) is 17.1 Å². The van der Waals surface area contributed by atoms with Gasteiger partial charge in [0.05, 0.1) is 0 Å². The van der Waals surface area contributed by atoms with Gasteiger partial charge in [0.2, 0.25) is 0 Å². The van der Waals surface area contributed by atoms with Crippen LogP contribution in [0.3, 0.4) is 0 Å². The second-order valence-corrected chi connectivity index (χ2v) is 21.5. The van der Waals surface area contributed by atoms with Crippen LogP contribution in [0.2, 0.25) is 0 Å². The Bertz CT molecular complexity index is 3640. The van der Waals surface area contributed by atoms with Crippen molar-refractivity contribution in [1.82, 2.24) is 0 Å². The molecule has 0 saturated carbocycles. The molecule has 0 aliphatic heterocycles. The highest BCUT2D eigenvalue weighted by Crippen LogP contribution is 2.43. The molecule has 0 amide bonds. The third-order valence-electron chi connectivity index (χ3n) is 15.6. The number of anilines is 3. The number of rotatable bonds is 12. The van der Waals surface area contributed by atoms with Crippen LogP contribution >= 0.6 is 0 Å². The molecule has 368 valence electrons. The van der Waals surface area contributed by atoms with Crippen molar-refractivity contribution in [3.63, 3.8) is 0 Å². The summed E-state index contributed by atoms with van der Waals surface area (Å²) in [5.74, 6) is 1.09. The summed E-state index contributed by atoms with van der Waals surface area (Å²) in [5.41, 5.74) is 22.1. The Morgan fingerprint density at radius 1 is 0.211 bits per heavy atom. The predicted octanol–water partition coefficient (Wildman–Crippen LogP) is 22.0. The SMILES string of the molecule is CC(C)c1ccc(-c2ccc3ccccc3c2)cc1-c1ccc(N(c2ccc(-c3cc(-c4ccc5ccccc5c4)ccc3C(C)C)cc2)c2ccc(-c3cc(-c4ccc5ccccc5c4)ccc3C(C)C)cc2)cc1. The van der Waals surface area contributed by atoms with Gasteiger partial charge in [-0.25, -0.2) is 0 Å². The van der Waals surface area contributed by atoms with Crippen LogP contribution in [-0.2, 0) is 0 Å². The fourth-order valence-corrected chi connectivity index (χ4v) is 11.4. The molecule has 1 nitrogen and oxygen atoms in total. The van der Waals surface area contributed by atoms with Crippen LogP contribution in [0.4, 0.5) is 17.1 Å². The number of hydrogen-bond acceptors (Lipinski definition) is 1. The molecule has 12 aromatic rings. The predicted molar refractivity (Wildman–Crippen MR) is 329 cm³/mol. The molecule has 76 heavy (non-hydrogen) atoms. The van der Waals surface area contributed by atoms with Gasteiger partial charge in [0, 0.05) is 17.1 Å². The van der Waals surface area contributed by atoms with Crippen molar-refractivity contribution in [2.24, 2.45) is 0 Å². The normalized spacial score (nSPS) is 11.6. The summed E-state index contributed by atoms with van der Waals surface area (Å²) in [5, 5.41) is 7.53. The Morgan fingerprint density at radius 2 is 0.434 bits per heavy atom. The molecular weight excluding hydrogens is 915 g/mol. The van der Waals surface area contributed by atoms with Gasteiger partial charge in [0.1, 0.15) is 0 Å². The monoisotopic (exact) mass is 977 g/mol. The molecule has 12 aromatic carbocycles. The van der Waals surface area contributed by atoms with E-state index in [9.17, 15) is 0 Å². The molecular formula is C75H63N. The zero-order chi connectivity index (χ0) is 51.9. The third-order valence-corrected chi connectivity index (χ3v) is 15.6. The van der Waals surface area contributed by atoms with E-state index in [1.807, 2.05) is 0 Å². The Morgan fingerprint density at radius 3 is 0.697 bits per heavy atom. The van der Waals surface area contributed by atoms with Crippen LogP contribution in [0, 0.1) is 0 Å². The molecule has 0 saturated heterocycles. The molecule has 0 N–H and O–H groups in total. The molecule has 0 spiro atoms. The lowest BCUT2D eigenvalue weighted by Gasteiger charge is -2.27. The second-order valence-electron chi connectivity index (χ2n) is 21.5. The lowest BCUT2D eigenvalue weighted by molar-refractivity contribution is 0.869. The van der Waals surface area contributed by atoms with Gasteiger partial charge in [-0.15, -0.1) is 0 Å². The highest BCUT2D eigenvalue weighted by Gasteiger charge is 2.19. The van der Waals surface area contributed by atoms with E-state index >= 15 is 0 Å². The number of fused-ring (bicyclic) bond motifs is 3. The minimum atomic E-state index is 0.364. The largest absolute Gasteiger partial charge is 0.311 e. The van der Waals surface area contributed by atoms with Crippen molar-refractivity contribution >= 4 is 49.4 Å². The third kappa shape index (κ3) is 9.51. The van der Waals surface area contributed by atoms with E-state index in [1.165, 1.54) is 116 Å². The number of hydrogen-bond donors (Lipinski definition) is 0. The lowest BCUT2D eigenvalue weighted by Crippen LogP contribution is -2.10. The molecule has 12 rings (SSSR count). The Balaban J connectivity index is 0.939. The lowest BCUT2D eigenvalue weighted by atomic mass is 9.88. The van der Waals surface area contributed by atoms with Gasteiger partial charge < -0.3 is 4.90 Å². The first-order valence-corrected chi connectivity index (χ1v) is 27.1. The molecule has 0 atom stereocenters. The molecule has 1 heteroatoms. The van der Waals surface area contributed by atoms with Gasteiger partial charge in [-0.3, -0.25) is 0 Å². The molecule has 0 aliphatic rings. The quantitative estimate of drug-likeness (QED) is 0.118. The second kappa shape index (κ2) is 20.5. The van der Waals surface area contributed by atoms with E-state index in [2.05, 4.69) is 301 Å². The average Bonchev–Trinajstić information content (AvgIpc) is 3.49. The maximum atomic E-state index is 2.41. The maximum absolute atomic E-state index is 2.41. The summed E-state index contributed by atoms with van der Waals surface area (Å²) in [7, 11) is 0. The molecule has 0 heterocycles. The van der Waals surface area contributed by atoms with Gasteiger partial charge in [0.15, 0.2) is 0 Å². The summed E-state index contributed by atoms with van der Waals surface area (Å²) in [6, 6.07) is 95.0. The van der Waals surface area contributed by atoms with E-state index in [4.69, 9.17) is 0 Å². The van der Waals surface area contributed by atoms with E-state index in [1.54, 1.807) is 0 Å². The summed E-state index contributed by atoms with van der Waals surface area (Å²) >= 11 is 0. The van der Waals surface area contributed by atoms with Crippen LogP contribution in [0.5, 0.6) is 0 Å². The zero-order valence-electron chi connectivity index (χ0n) is 44.4. The van der Waals surface area contributed by atoms with Gasteiger partial charge in [0.25, 0.3) is 0 Å². The first kappa shape index (κ1) is 48.2. The van der Waals surface area contributed by atoms with Crippen molar-refractivity contribution in [3.8, 4) is 66.8 Å². The van der Waals surface area contributed by atoms with Crippen LogP contribution in [0.1, 0.15) is 76.0 Å². The molecule has 0 bridgehead atoms. The first-order chi connectivity index (χ1) is 37.1. The summed E-state index contributed by atoms with van der Waals surface area (Å²) in [6.45, 7) is 13.8. The fourth-order valence-electron chi connectivity index (χ4n) is 11.4. The van der Waals surface area contributed by atoms with Crippen molar-refractivity contribution < 1.29 is 0 Å². The fraction of sp³-hybridized carbons (Fsp3) is 0.120. The van der Waals surface area contributed by atoms with Gasteiger partial charge in [-0.1, -0.05) is 224 Å². The van der Waals surface area contributed by atoms with Crippen molar-refractivity contribution in [2.45, 2.75) is 59.3 Å². The van der Waals surface area contributed by atoms with Crippen molar-refractivity contribution in [2.75, 3.05) is 4.90 Å². The Hall–Kier alpha value is -8.78. The van der Waals surface area contributed by atoms with Crippen LogP contribution in [0.15, 0.2) is 255 Å². The van der Waals surface area contributed by atoms with E-state index in [-0.39, 0.29) is 0 Å². The van der Waals surface area contributed by atoms with Crippen LogP contribution in [0.25, 0.3) is 99.1 Å². The van der Waals surface area contributed by atoms with Crippen molar-refractivity contribution in [3.05, 3.63) is 271 Å². The minimum Gasteiger partial charge on any atom is -0.311 e. The van der Waals surface area contributed by atoms with E-state index < -0.39 is 0 Å². The van der Waals surface area contributed by atoms with Gasteiger partial charge in [-0.05, 0) is 206 Å². The smallest absolute Gasteiger partial charge is 0.0462 e. The minimum absolute atomic E-state index is 0.364. The van der Waals surface area contributed by atoms with Crippen LogP contribution < -0.4 is 4.90 Å². The maximum Gasteiger partial charge on any atom is 0.0462 e. The number of nitrogens with zero attached hydrogens (tertiary/aromatic N) is 1. The first-order valence-electron chi connectivity index (χ1n) is 27.1. The standard InChI is InChI=1S/C75H63N/c1-49(2)70-40-31-64(61-22-19-52-13-7-10-16-58(52)43-61)46-73(70)55-25-34-67(35-26-55)76(68-36-27-56(28-37-68)74-47-65(32-41-71(74)50(3)4)62-23-20-53-14-8-11-17-59(53)44-62)69-38-29-57(30-39-69)75-48-66(33-42-72(75)51(5)6)63-24-21-54-15-9-12-18-60(54)45-63/h7-51H,1-6H3.